The lowest BCUT2D eigenvalue weighted by atomic mass is 10.1. The van der Waals surface area contributed by atoms with Crippen LogP contribution >= 0.6 is 0 Å². The highest BCUT2D eigenvalue weighted by molar-refractivity contribution is 7.91. The van der Waals surface area contributed by atoms with Gasteiger partial charge in [-0.1, -0.05) is 29.8 Å². The molecule has 1 aromatic carbocycles. The van der Waals surface area contributed by atoms with Gasteiger partial charge in [-0.2, -0.15) is 0 Å². The third-order valence-corrected chi connectivity index (χ3v) is 6.43. The number of hydrogen-bond donors (Lipinski definition) is 1. The van der Waals surface area contributed by atoms with Crippen LogP contribution in [0.1, 0.15) is 28.0 Å². The van der Waals surface area contributed by atoms with Crippen molar-refractivity contribution in [3.63, 3.8) is 0 Å². The molecule has 0 bridgehead atoms. The fourth-order valence-corrected chi connectivity index (χ4v) is 4.92. The minimum Gasteiger partial charge on any atom is -0.370 e. The zero-order valence-electron chi connectivity index (χ0n) is 15.0. The summed E-state index contributed by atoms with van der Waals surface area (Å²) < 4.78 is 23.4. The third kappa shape index (κ3) is 4.40. The zero-order valence-corrected chi connectivity index (χ0v) is 15.8. The van der Waals surface area contributed by atoms with Crippen molar-refractivity contribution in [1.29, 1.82) is 0 Å². The van der Waals surface area contributed by atoms with Crippen molar-refractivity contribution in [2.45, 2.75) is 25.9 Å². The van der Waals surface area contributed by atoms with Gasteiger partial charge in [-0.3, -0.25) is 9.78 Å². The van der Waals surface area contributed by atoms with Gasteiger partial charge < -0.3 is 10.2 Å². The highest BCUT2D eigenvalue weighted by Gasteiger charge is 2.31. The molecule has 138 valence electrons. The second kappa shape index (κ2) is 7.45. The number of anilines is 1. The first-order valence-corrected chi connectivity index (χ1v) is 10.4. The van der Waals surface area contributed by atoms with Crippen molar-refractivity contribution in [2.75, 3.05) is 23.5 Å². The topological polar surface area (TPSA) is 79.4 Å². The first-order chi connectivity index (χ1) is 12.3. The number of nitrogens with one attached hydrogen (secondary N) is 1. The van der Waals surface area contributed by atoms with Crippen LogP contribution in [0.25, 0.3) is 0 Å². The van der Waals surface area contributed by atoms with Gasteiger partial charge in [-0.25, -0.2) is 8.42 Å². The van der Waals surface area contributed by atoms with Crippen LogP contribution in [-0.4, -0.2) is 43.9 Å². The quantitative estimate of drug-likeness (QED) is 0.866. The molecular weight excluding hydrogens is 350 g/mol. The maximum atomic E-state index is 12.4. The zero-order chi connectivity index (χ0) is 18.7. The second-order valence-corrected chi connectivity index (χ2v) is 8.97. The lowest BCUT2D eigenvalue weighted by Crippen LogP contribution is -2.33. The lowest BCUT2D eigenvalue weighted by Gasteiger charge is -2.25. The molecule has 1 saturated heterocycles. The fraction of sp³-hybridized carbons (Fsp3) is 0.368. The van der Waals surface area contributed by atoms with Crippen LogP contribution in [0.15, 0.2) is 42.6 Å². The third-order valence-electron chi connectivity index (χ3n) is 4.68. The molecule has 0 spiro atoms. The molecule has 1 aliphatic heterocycles. The summed E-state index contributed by atoms with van der Waals surface area (Å²) in [5.41, 5.74) is 3.29. The number of benzene rings is 1. The molecule has 26 heavy (non-hydrogen) atoms. The molecule has 0 aliphatic carbocycles. The van der Waals surface area contributed by atoms with E-state index in [2.05, 4.69) is 10.3 Å². The number of carbonyl (C=O) groups excluding carboxylic acids is 1. The van der Waals surface area contributed by atoms with Gasteiger partial charge in [0.1, 0.15) is 5.69 Å². The van der Waals surface area contributed by atoms with Crippen LogP contribution in [-0.2, 0) is 16.4 Å². The normalized spacial score (nSPS) is 18.5. The van der Waals surface area contributed by atoms with E-state index < -0.39 is 9.84 Å². The maximum Gasteiger partial charge on any atom is 0.270 e. The van der Waals surface area contributed by atoms with Crippen LogP contribution in [0.5, 0.6) is 0 Å². The van der Waals surface area contributed by atoms with E-state index in [0.29, 0.717) is 18.7 Å². The van der Waals surface area contributed by atoms with E-state index in [1.165, 1.54) is 0 Å². The number of hydrogen-bond acceptors (Lipinski definition) is 5. The number of carbonyl (C=O) groups is 1. The summed E-state index contributed by atoms with van der Waals surface area (Å²) in [6.45, 7) is 2.44. The number of sulfone groups is 1. The van der Waals surface area contributed by atoms with Gasteiger partial charge in [0.15, 0.2) is 9.84 Å². The first-order valence-electron chi connectivity index (χ1n) is 8.57. The smallest absolute Gasteiger partial charge is 0.270 e. The molecule has 7 heteroatoms. The van der Waals surface area contributed by atoms with Gasteiger partial charge in [0.2, 0.25) is 0 Å². The summed E-state index contributed by atoms with van der Waals surface area (Å²) in [6.07, 6.45) is 2.19. The molecule has 1 N–H and O–H groups in total. The number of nitrogens with zero attached hydrogens (tertiary/aromatic N) is 2. The van der Waals surface area contributed by atoms with Crippen molar-refractivity contribution in [3.05, 3.63) is 59.4 Å². The van der Waals surface area contributed by atoms with Gasteiger partial charge in [-0.05, 0) is 31.0 Å². The Bertz CT molecular complexity index is 912. The van der Waals surface area contributed by atoms with E-state index in [1.54, 1.807) is 18.3 Å². The predicted octanol–water partition coefficient (Wildman–Crippen LogP) is 1.94. The van der Waals surface area contributed by atoms with Crippen molar-refractivity contribution in [2.24, 2.45) is 0 Å². The molecule has 6 nitrogen and oxygen atoms in total. The van der Waals surface area contributed by atoms with Crippen LogP contribution in [0.3, 0.4) is 0 Å². The predicted molar refractivity (Wildman–Crippen MR) is 102 cm³/mol. The van der Waals surface area contributed by atoms with Crippen molar-refractivity contribution in [1.82, 2.24) is 10.3 Å². The molecule has 1 fully saturated rings. The van der Waals surface area contributed by atoms with Gasteiger partial charge in [0, 0.05) is 31.5 Å². The molecule has 2 heterocycles. The number of rotatable bonds is 5. The van der Waals surface area contributed by atoms with Crippen molar-refractivity contribution in [3.8, 4) is 0 Å². The molecule has 1 atom stereocenters. The molecule has 1 aliphatic rings. The number of amides is 1. The summed E-state index contributed by atoms with van der Waals surface area (Å²) in [4.78, 5) is 18.5. The van der Waals surface area contributed by atoms with Crippen LogP contribution < -0.4 is 10.2 Å². The van der Waals surface area contributed by atoms with E-state index in [4.69, 9.17) is 0 Å². The van der Waals surface area contributed by atoms with Gasteiger partial charge >= 0.3 is 0 Å². The number of aromatic nitrogens is 1. The second-order valence-electron chi connectivity index (χ2n) is 6.74. The average molecular weight is 373 g/mol. The maximum absolute atomic E-state index is 12.4. The summed E-state index contributed by atoms with van der Waals surface area (Å²) in [5.74, 6) is 0.123. The minimum absolute atomic E-state index is 0.0643. The van der Waals surface area contributed by atoms with E-state index in [-0.39, 0.29) is 23.5 Å². The lowest BCUT2D eigenvalue weighted by molar-refractivity contribution is 0.0946. The highest BCUT2D eigenvalue weighted by atomic mass is 32.2. The molecule has 0 radical (unpaired) electrons. The van der Waals surface area contributed by atoms with Crippen LogP contribution in [0.4, 0.5) is 5.69 Å². The van der Waals surface area contributed by atoms with E-state index >= 15 is 0 Å². The summed E-state index contributed by atoms with van der Waals surface area (Å²) in [5, 5.41) is 2.88. The Morgan fingerprint density at radius 3 is 2.81 bits per heavy atom. The molecule has 0 saturated carbocycles. The molecule has 1 unspecified atom stereocenters. The van der Waals surface area contributed by atoms with Gasteiger partial charge in [0.25, 0.3) is 5.91 Å². The summed E-state index contributed by atoms with van der Waals surface area (Å²) >= 11 is 0. The Hall–Kier alpha value is -2.41. The molecule has 1 aromatic heterocycles. The number of pyridine rings is 1. The highest BCUT2D eigenvalue weighted by Crippen LogP contribution is 2.23. The van der Waals surface area contributed by atoms with Gasteiger partial charge in [-0.15, -0.1) is 0 Å². The van der Waals surface area contributed by atoms with Crippen LogP contribution in [0, 0.1) is 6.92 Å². The summed E-state index contributed by atoms with van der Waals surface area (Å²) in [7, 11) is -1.10. The Morgan fingerprint density at radius 1 is 1.31 bits per heavy atom. The Kier molecular flexibility index (Phi) is 5.27. The Morgan fingerprint density at radius 2 is 2.12 bits per heavy atom. The van der Waals surface area contributed by atoms with Crippen molar-refractivity contribution < 1.29 is 13.2 Å². The molecule has 3 rings (SSSR count). The monoisotopic (exact) mass is 373 g/mol. The fourth-order valence-electron chi connectivity index (χ4n) is 3.15. The first kappa shape index (κ1) is 18.4. The van der Waals surface area contributed by atoms with E-state index in [9.17, 15) is 13.2 Å². The SMILES string of the molecule is Cc1cccc(CNC(=O)c2cc(N(C)C3CCS(=O)(=O)C3)ccn2)c1. The Balaban J connectivity index is 1.67. The summed E-state index contributed by atoms with van der Waals surface area (Å²) in [6, 6.07) is 11.4. The minimum atomic E-state index is -2.95. The number of aryl methyl sites for hydroxylation is 1. The Labute approximate surface area is 154 Å². The standard InChI is InChI=1S/C19H23N3O3S/c1-14-4-3-5-15(10-14)12-21-19(23)18-11-16(6-8-20-18)22(2)17-7-9-26(24,25)13-17/h3-6,8,10-11,17H,7,9,12-13H2,1-2H3,(H,21,23). The largest absolute Gasteiger partial charge is 0.370 e. The molecule has 1 amide bonds. The van der Waals surface area contributed by atoms with Crippen LogP contribution in [0.2, 0.25) is 0 Å². The van der Waals surface area contributed by atoms with Gasteiger partial charge in [0.05, 0.1) is 11.5 Å². The van der Waals surface area contributed by atoms with E-state index in [0.717, 1.165) is 16.8 Å². The molecule has 2 aromatic rings. The van der Waals surface area contributed by atoms with E-state index in [1.807, 2.05) is 43.1 Å². The average Bonchev–Trinajstić information content (AvgIpc) is 2.99. The molecular formula is C19H23N3O3S. The van der Waals surface area contributed by atoms with Crippen molar-refractivity contribution >= 4 is 21.4 Å².